The summed E-state index contributed by atoms with van der Waals surface area (Å²) in [6.07, 6.45) is 3.87. The van der Waals surface area contributed by atoms with Crippen LogP contribution in [0.25, 0.3) is 11.3 Å². The highest BCUT2D eigenvalue weighted by atomic mass is 19.1. The van der Waals surface area contributed by atoms with Crippen LogP contribution in [-0.4, -0.2) is 76.2 Å². The number of hydrogen-bond acceptors (Lipinski definition) is 8. The molecule has 3 aromatic rings. The Balaban J connectivity index is 1.19. The molecule has 0 amide bonds. The van der Waals surface area contributed by atoms with Gasteiger partial charge in [0.05, 0.1) is 17.9 Å². The number of likely N-dealkylation sites (tertiary alicyclic amines) is 1. The topological polar surface area (TPSA) is 94.6 Å². The molecular formula is C28H30FN7O. The van der Waals surface area contributed by atoms with Crippen LogP contribution in [0.1, 0.15) is 25.0 Å². The van der Waals surface area contributed by atoms with E-state index in [0.29, 0.717) is 48.7 Å². The van der Waals surface area contributed by atoms with E-state index in [-0.39, 0.29) is 5.75 Å². The van der Waals surface area contributed by atoms with Gasteiger partial charge in [0.1, 0.15) is 17.6 Å². The van der Waals surface area contributed by atoms with Crippen LogP contribution < -0.4 is 15.5 Å². The number of aromatic nitrogens is 3. The molecule has 3 aliphatic heterocycles. The number of pyridine rings is 1. The van der Waals surface area contributed by atoms with Crippen LogP contribution in [0.4, 0.5) is 21.6 Å². The SMILES string of the molecule is Nc1nnc(-c2ccccc2O)cc1N1CC2CCC(C1)N2c1ccnc(C#CCN2CCC(F)C2)c1. The lowest BCUT2D eigenvalue weighted by atomic mass is 10.1. The number of para-hydroxylation sites is 1. The van der Waals surface area contributed by atoms with Crippen LogP contribution in [0, 0.1) is 11.8 Å². The molecule has 3 aliphatic rings. The first-order valence-electron chi connectivity index (χ1n) is 12.8. The van der Waals surface area contributed by atoms with E-state index >= 15 is 0 Å². The fourth-order valence-corrected chi connectivity index (χ4v) is 5.81. The fourth-order valence-electron chi connectivity index (χ4n) is 5.81. The average molecular weight is 500 g/mol. The van der Waals surface area contributed by atoms with E-state index in [9.17, 15) is 9.50 Å². The zero-order valence-electron chi connectivity index (χ0n) is 20.6. The number of piperazine rings is 1. The van der Waals surface area contributed by atoms with Gasteiger partial charge in [-0.25, -0.2) is 9.37 Å². The van der Waals surface area contributed by atoms with E-state index in [2.05, 4.69) is 49.0 Å². The lowest BCUT2D eigenvalue weighted by molar-refractivity contribution is 0.308. The molecule has 3 unspecified atom stereocenters. The first-order valence-corrected chi connectivity index (χ1v) is 12.8. The van der Waals surface area contributed by atoms with Gasteiger partial charge in [-0.1, -0.05) is 18.1 Å². The fraction of sp³-hybridized carbons (Fsp3) is 0.393. The van der Waals surface area contributed by atoms with Crippen molar-refractivity contribution in [3.8, 4) is 28.8 Å². The maximum Gasteiger partial charge on any atom is 0.169 e. The molecule has 37 heavy (non-hydrogen) atoms. The lowest BCUT2D eigenvalue weighted by Crippen LogP contribution is -2.54. The molecule has 5 heterocycles. The van der Waals surface area contributed by atoms with Gasteiger partial charge in [-0.2, -0.15) is 0 Å². The minimum atomic E-state index is -0.729. The Morgan fingerprint density at radius 1 is 1.03 bits per heavy atom. The lowest BCUT2D eigenvalue weighted by Gasteiger charge is -2.43. The van der Waals surface area contributed by atoms with Gasteiger partial charge >= 0.3 is 0 Å². The van der Waals surface area contributed by atoms with Gasteiger partial charge in [0.25, 0.3) is 0 Å². The molecule has 0 radical (unpaired) electrons. The van der Waals surface area contributed by atoms with Crippen molar-refractivity contribution in [1.82, 2.24) is 20.1 Å². The van der Waals surface area contributed by atoms with Gasteiger partial charge in [0.15, 0.2) is 5.82 Å². The number of phenolic OH excluding ortho intramolecular Hbond substituents is 1. The smallest absolute Gasteiger partial charge is 0.169 e. The highest BCUT2D eigenvalue weighted by molar-refractivity contribution is 5.74. The summed E-state index contributed by atoms with van der Waals surface area (Å²) in [5, 5.41) is 18.7. The zero-order valence-corrected chi connectivity index (χ0v) is 20.6. The minimum absolute atomic E-state index is 0.168. The Morgan fingerprint density at radius 3 is 2.59 bits per heavy atom. The molecular weight excluding hydrogens is 469 g/mol. The molecule has 3 N–H and O–H groups in total. The summed E-state index contributed by atoms with van der Waals surface area (Å²) in [6.45, 7) is 3.44. The third kappa shape index (κ3) is 4.77. The van der Waals surface area contributed by atoms with Crippen molar-refractivity contribution < 1.29 is 9.50 Å². The molecule has 3 atom stereocenters. The second kappa shape index (κ2) is 9.87. The molecule has 0 saturated carbocycles. The number of alkyl halides is 1. The molecule has 3 saturated heterocycles. The molecule has 2 bridgehead atoms. The van der Waals surface area contributed by atoms with Crippen molar-refractivity contribution in [3.63, 3.8) is 0 Å². The molecule has 1 aromatic carbocycles. The highest BCUT2D eigenvalue weighted by Gasteiger charge is 2.40. The van der Waals surface area contributed by atoms with Crippen LogP contribution in [0.3, 0.4) is 0 Å². The van der Waals surface area contributed by atoms with E-state index in [4.69, 9.17) is 5.73 Å². The van der Waals surface area contributed by atoms with Crippen LogP contribution in [0.2, 0.25) is 0 Å². The van der Waals surface area contributed by atoms with Crippen molar-refractivity contribution >= 4 is 17.2 Å². The summed E-state index contributed by atoms with van der Waals surface area (Å²) in [5.74, 6) is 6.90. The van der Waals surface area contributed by atoms with Crippen LogP contribution in [0.15, 0.2) is 48.7 Å². The quantitative estimate of drug-likeness (QED) is 0.529. The van der Waals surface area contributed by atoms with Gasteiger partial charge < -0.3 is 20.6 Å². The molecule has 6 rings (SSSR count). The average Bonchev–Trinajstić information content (AvgIpc) is 3.44. The van der Waals surface area contributed by atoms with Crippen molar-refractivity contribution in [2.75, 3.05) is 48.3 Å². The number of phenols is 1. The number of fused-ring (bicyclic) bond motifs is 2. The Morgan fingerprint density at radius 2 is 1.84 bits per heavy atom. The normalized spacial score (nSPS) is 23.2. The first-order chi connectivity index (χ1) is 18.0. The first kappa shape index (κ1) is 23.5. The van der Waals surface area contributed by atoms with E-state index < -0.39 is 6.17 Å². The van der Waals surface area contributed by atoms with Crippen molar-refractivity contribution in [3.05, 3.63) is 54.4 Å². The summed E-state index contributed by atoms with van der Waals surface area (Å²) >= 11 is 0. The summed E-state index contributed by atoms with van der Waals surface area (Å²) < 4.78 is 13.4. The highest BCUT2D eigenvalue weighted by Crippen LogP contribution is 2.38. The number of rotatable bonds is 4. The van der Waals surface area contributed by atoms with Crippen LogP contribution >= 0.6 is 0 Å². The van der Waals surface area contributed by atoms with Gasteiger partial charge in [-0.05, 0) is 55.5 Å². The van der Waals surface area contributed by atoms with Crippen LogP contribution in [-0.2, 0) is 0 Å². The molecule has 0 spiro atoms. The third-order valence-electron chi connectivity index (χ3n) is 7.58. The third-order valence-corrected chi connectivity index (χ3v) is 7.58. The van der Waals surface area contributed by atoms with Crippen LogP contribution in [0.5, 0.6) is 5.75 Å². The Kier molecular flexibility index (Phi) is 6.26. The standard InChI is InChI=1S/C28H30FN7O/c29-19-10-13-34(16-19)12-3-4-20-14-21(9-11-31-20)36-22-7-8-23(36)18-35(17-22)26-15-25(32-33-28(26)30)24-5-1-2-6-27(24)37/h1-2,5-6,9,11,14-15,19,22-23,37H,7-8,10,12-13,16-18H2,(H2,30,33). The molecule has 0 aliphatic carbocycles. The number of halogens is 1. The number of hydrogen-bond donors (Lipinski definition) is 2. The van der Waals surface area contributed by atoms with Gasteiger partial charge in [0.2, 0.25) is 0 Å². The van der Waals surface area contributed by atoms with E-state index in [1.807, 2.05) is 29.3 Å². The minimum Gasteiger partial charge on any atom is -0.507 e. The zero-order chi connectivity index (χ0) is 25.4. The number of anilines is 3. The summed E-state index contributed by atoms with van der Waals surface area (Å²) in [5.41, 5.74) is 10.2. The Labute approximate surface area is 215 Å². The number of nitrogens with two attached hydrogens (primary N) is 1. The molecule has 190 valence electrons. The Hall–Kier alpha value is -3.90. The summed E-state index contributed by atoms with van der Waals surface area (Å²) in [6, 6.07) is 13.8. The second-order valence-electron chi connectivity index (χ2n) is 10.0. The summed E-state index contributed by atoms with van der Waals surface area (Å²) in [7, 11) is 0. The molecule has 3 fully saturated rings. The predicted molar refractivity (Wildman–Crippen MR) is 142 cm³/mol. The van der Waals surface area contributed by atoms with Gasteiger partial charge in [-0.3, -0.25) is 4.90 Å². The second-order valence-corrected chi connectivity index (χ2v) is 10.0. The van der Waals surface area contributed by atoms with E-state index in [1.54, 1.807) is 12.1 Å². The number of aromatic hydroxyl groups is 1. The molecule has 8 nitrogen and oxygen atoms in total. The van der Waals surface area contributed by atoms with Crippen molar-refractivity contribution in [2.24, 2.45) is 0 Å². The maximum atomic E-state index is 13.4. The summed E-state index contributed by atoms with van der Waals surface area (Å²) in [4.78, 5) is 11.3. The van der Waals surface area contributed by atoms with Gasteiger partial charge in [0, 0.05) is 55.7 Å². The maximum absolute atomic E-state index is 13.4. The van der Waals surface area contributed by atoms with E-state index in [1.165, 1.54) is 0 Å². The van der Waals surface area contributed by atoms with Crippen molar-refractivity contribution in [2.45, 2.75) is 37.5 Å². The number of benzene rings is 1. The predicted octanol–water partition coefficient (Wildman–Crippen LogP) is 3.08. The monoisotopic (exact) mass is 499 g/mol. The van der Waals surface area contributed by atoms with E-state index in [0.717, 1.165) is 49.5 Å². The largest absolute Gasteiger partial charge is 0.507 e. The van der Waals surface area contributed by atoms with Crippen molar-refractivity contribution in [1.29, 1.82) is 0 Å². The molecule has 2 aromatic heterocycles. The number of nitrogen functional groups attached to an aromatic ring is 1. The van der Waals surface area contributed by atoms with Gasteiger partial charge in [-0.15, -0.1) is 10.2 Å². The number of nitrogens with zero attached hydrogens (tertiary/aromatic N) is 6. The molecule has 9 heteroatoms. The Bertz CT molecular complexity index is 1340.